The van der Waals surface area contributed by atoms with Gasteiger partial charge in [0.15, 0.2) is 5.60 Å². The molecule has 208 valence electrons. The predicted octanol–water partition coefficient (Wildman–Crippen LogP) is 4.26. The predicted molar refractivity (Wildman–Crippen MR) is 130 cm³/mol. The Morgan fingerprint density at radius 2 is 1.74 bits per heavy atom. The molecule has 6 nitrogen and oxygen atoms in total. The molecule has 1 saturated heterocycles. The Labute approximate surface area is 217 Å². The number of aryl methyl sites for hydroxylation is 1. The van der Waals surface area contributed by atoms with Crippen LogP contribution in [0.5, 0.6) is 0 Å². The average Bonchev–Trinajstić information content (AvgIpc) is 3.29. The van der Waals surface area contributed by atoms with Gasteiger partial charge in [-0.25, -0.2) is 12.8 Å². The molecule has 0 aromatic heterocycles. The van der Waals surface area contributed by atoms with Crippen molar-refractivity contribution in [2.45, 2.75) is 55.3 Å². The second-order valence-electron chi connectivity index (χ2n) is 10.1. The fraction of sp³-hybridized carbons (Fsp3) is 0.500. The zero-order valence-electron chi connectivity index (χ0n) is 20.6. The highest BCUT2D eigenvalue weighted by atomic mass is 32.2. The first-order valence-corrected chi connectivity index (χ1v) is 13.7. The quantitative estimate of drug-likeness (QED) is 0.472. The van der Waals surface area contributed by atoms with E-state index in [2.05, 4.69) is 5.32 Å². The first-order chi connectivity index (χ1) is 17.8. The van der Waals surface area contributed by atoms with E-state index in [1.54, 1.807) is 0 Å². The van der Waals surface area contributed by atoms with E-state index < -0.39 is 45.9 Å². The Balaban J connectivity index is 1.71. The van der Waals surface area contributed by atoms with Gasteiger partial charge >= 0.3 is 6.18 Å². The minimum Gasteiger partial charge on any atom is -0.376 e. The zero-order valence-corrected chi connectivity index (χ0v) is 21.5. The molecular weight excluding hydrogens is 531 g/mol. The number of carbonyl (C=O) groups is 1. The van der Waals surface area contributed by atoms with E-state index in [1.807, 2.05) is 0 Å². The van der Waals surface area contributed by atoms with E-state index in [1.165, 1.54) is 6.07 Å². The molecule has 38 heavy (non-hydrogen) atoms. The second kappa shape index (κ2) is 10.5. The number of nitrogens with zero attached hydrogens (tertiary/aromatic N) is 1. The fourth-order valence-corrected chi connectivity index (χ4v) is 6.90. The van der Waals surface area contributed by atoms with Crippen LogP contribution in [0.3, 0.4) is 0 Å². The number of fused-ring (bicyclic) bond motifs is 1. The molecule has 12 heteroatoms. The molecule has 0 spiro atoms. The summed E-state index contributed by atoms with van der Waals surface area (Å²) >= 11 is 0. The molecule has 0 saturated carbocycles. The highest BCUT2D eigenvalue weighted by Crippen LogP contribution is 2.43. The van der Waals surface area contributed by atoms with E-state index in [9.17, 15) is 40.3 Å². The fourth-order valence-electron chi connectivity index (χ4n) is 5.18. The van der Waals surface area contributed by atoms with Crippen molar-refractivity contribution in [3.63, 3.8) is 0 Å². The van der Waals surface area contributed by atoms with Gasteiger partial charge in [0.05, 0.1) is 23.3 Å². The number of hydrogen-bond acceptors (Lipinski definition) is 5. The van der Waals surface area contributed by atoms with Gasteiger partial charge in [0.2, 0.25) is 0 Å². The highest BCUT2D eigenvalue weighted by Gasteiger charge is 2.51. The molecule has 4 rings (SSSR count). The van der Waals surface area contributed by atoms with Crippen LogP contribution >= 0.6 is 0 Å². The van der Waals surface area contributed by atoms with Crippen LogP contribution < -0.4 is 9.62 Å². The van der Waals surface area contributed by atoms with Gasteiger partial charge < -0.3 is 10.4 Å². The Hall–Kier alpha value is -2.57. The number of halogens is 5. The van der Waals surface area contributed by atoms with Gasteiger partial charge in [-0.1, -0.05) is 12.1 Å². The second-order valence-corrected chi connectivity index (χ2v) is 12.0. The molecule has 0 radical (unpaired) electrons. The van der Waals surface area contributed by atoms with Gasteiger partial charge in [0.1, 0.15) is 11.6 Å². The number of sulfonamides is 1. The summed E-state index contributed by atoms with van der Waals surface area (Å²) in [5, 5.41) is 13.2. The molecule has 1 unspecified atom stereocenters. The van der Waals surface area contributed by atoms with Crippen LogP contribution in [0, 0.1) is 17.7 Å². The molecule has 0 bridgehead atoms. The molecule has 0 aliphatic carbocycles. The van der Waals surface area contributed by atoms with Gasteiger partial charge in [-0.15, -0.1) is 0 Å². The van der Waals surface area contributed by atoms with Crippen LogP contribution in [-0.2, 0) is 26.8 Å². The Morgan fingerprint density at radius 3 is 2.37 bits per heavy atom. The third-order valence-electron chi connectivity index (χ3n) is 7.51. The standard InChI is InChI=1S/C26H29F5N2O4S/c1-25(35,26(29,30)31)19-3-9-24-16(10-19)2-6-21(12-22(34)11-17-14-32-15-18(17)13-27)33(24)38(36,37)23-7-4-20(28)5-8-23/h3-5,7-10,17-18,21,32,35H,2,6,11-15H2,1H3/t17-,18-,21+,25?/m1/s1. The zero-order chi connectivity index (χ0) is 27.9. The number of aliphatic hydroxyl groups is 1. The van der Waals surface area contributed by atoms with Crippen LogP contribution in [0.2, 0.25) is 0 Å². The third-order valence-corrected chi connectivity index (χ3v) is 9.39. The monoisotopic (exact) mass is 560 g/mol. The van der Waals surface area contributed by atoms with Crippen LogP contribution in [0.25, 0.3) is 0 Å². The van der Waals surface area contributed by atoms with Crippen molar-refractivity contribution in [1.82, 2.24) is 5.32 Å². The topological polar surface area (TPSA) is 86.7 Å². The molecule has 4 atom stereocenters. The SMILES string of the molecule is CC(O)(c1ccc2c(c1)CC[C@@H](CC(=O)C[C@@H]1CNC[C@H]1CF)N2S(=O)(=O)c1ccc(F)cc1)C(F)(F)F. The largest absolute Gasteiger partial charge is 0.421 e. The summed E-state index contributed by atoms with van der Waals surface area (Å²) in [5.41, 5.74) is -3.25. The van der Waals surface area contributed by atoms with Crippen LogP contribution in [-0.4, -0.2) is 51.3 Å². The number of hydrogen-bond donors (Lipinski definition) is 2. The first kappa shape index (κ1) is 28.4. The molecule has 1 fully saturated rings. The number of benzene rings is 2. The van der Waals surface area contributed by atoms with Crippen molar-refractivity contribution in [3.8, 4) is 0 Å². The number of rotatable bonds is 8. The molecule has 2 heterocycles. The molecular formula is C26H29F5N2O4S. The minimum absolute atomic E-state index is 0.0722. The minimum atomic E-state index is -4.96. The number of nitrogens with one attached hydrogen (secondary N) is 1. The van der Waals surface area contributed by atoms with Gasteiger partial charge in [0, 0.05) is 25.3 Å². The maximum Gasteiger partial charge on any atom is 0.421 e. The summed E-state index contributed by atoms with van der Waals surface area (Å²) in [5.74, 6) is -1.41. The van der Waals surface area contributed by atoms with Crippen LogP contribution in [0.4, 0.5) is 27.6 Å². The lowest BCUT2D eigenvalue weighted by Crippen LogP contribution is -2.45. The summed E-state index contributed by atoms with van der Waals surface area (Å²) in [6.07, 6.45) is -4.76. The van der Waals surface area contributed by atoms with E-state index in [0.717, 1.165) is 40.7 Å². The maximum atomic E-state index is 13.7. The number of alkyl halides is 4. The summed E-state index contributed by atoms with van der Waals surface area (Å²) < 4.78 is 95.6. The molecule has 2 aromatic carbocycles. The lowest BCUT2D eigenvalue weighted by atomic mass is 9.87. The molecule has 2 aromatic rings. The molecule has 2 N–H and O–H groups in total. The Morgan fingerprint density at radius 1 is 1.08 bits per heavy atom. The van der Waals surface area contributed by atoms with E-state index in [4.69, 9.17) is 0 Å². The van der Waals surface area contributed by atoms with Crippen molar-refractivity contribution in [2.75, 3.05) is 24.1 Å². The van der Waals surface area contributed by atoms with Crippen molar-refractivity contribution >= 4 is 21.5 Å². The van der Waals surface area contributed by atoms with Gasteiger partial charge in [-0.2, -0.15) is 13.2 Å². The first-order valence-electron chi connectivity index (χ1n) is 12.3. The molecule has 2 aliphatic rings. The smallest absolute Gasteiger partial charge is 0.376 e. The summed E-state index contributed by atoms with van der Waals surface area (Å²) in [4.78, 5) is 12.8. The number of anilines is 1. The molecule has 2 aliphatic heterocycles. The summed E-state index contributed by atoms with van der Waals surface area (Å²) in [7, 11) is -4.35. The van der Waals surface area contributed by atoms with Crippen molar-refractivity contribution in [2.24, 2.45) is 11.8 Å². The lowest BCUT2D eigenvalue weighted by molar-refractivity contribution is -0.258. The Kier molecular flexibility index (Phi) is 7.89. The van der Waals surface area contributed by atoms with Gasteiger partial charge in [0.25, 0.3) is 10.0 Å². The number of carbonyl (C=O) groups excluding carboxylic acids is 1. The van der Waals surface area contributed by atoms with E-state index >= 15 is 0 Å². The summed E-state index contributed by atoms with van der Waals surface area (Å²) in [6.45, 7) is 0.985. The molecule has 0 amide bonds. The van der Waals surface area contributed by atoms with Crippen molar-refractivity contribution in [3.05, 3.63) is 59.4 Å². The third kappa shape index (κ3) is 5.43. The van der Waals surface area contributed by atoms with Crippen LogP contribution in [0.15, 0.2) is 47.4 Å². The van der Waals surface area contributed by atoms with Gasteiger partial charge in [-0.3, -0.25) is 13.5 Å². The van der Waals surface area contributed by atoms with E-state index in [-0.39, 0.29) is 59.4 Å². The lowest BCUT2D eigenvalue weighted by Gasteiger charge is -2.38. The van der Waals surface area contributed by atoms with Crippen molar-refractivity contribution < 1.29 is 40.3 Å². The Bertz CT molecular complexity index is 1280. The van der Waals surface area contributed by atoms with E-state index in [0.29, 0.717) is 20.0 Å². The number of ketones is 1. The average molecular weight is 561 g/mol. The summed E-state index contributed by atoms with van der Waals surface area (Å²) in [6, 6.07) is 6.61. The van der Waals surface area contributed by atoms with Crippen LogP contribution in [0.1, 0.15) is 37.3 Å². The number of Topliss-reactive ketones (excluding diaryl/α,β-unsaturated/α-hetero) is 1. The normalized spacial score (nSPS) is 23.7. The van der Waals surface area contributed by atoms with Gasteiger partial charge in [-0.05, 0) is 73.7 Å². The highest BCUT2D eigenvalue weighted by molar-refractivity contribution is 7.92. The van der Waals surface area contributed by atoms with Crippen molar-refractivity contribution in [1.29, 1.82) is 0 Å². The maximum absolute atomic E-state index is 13.7.